The summed E-state index contributed by atoms with van der Waals surface area (Å²) in [6, 6.07) is 8.94. The van der Waals surface area contributed by atoms with Crippen molar-refractivity contribution in [3.63, 3.8) is 0 Å². The molecule has 0 aromatic carbocycles. The van der Waals surface area contributed by atoms with Gasteiger partial charge in [-0.25, -0.2) is 4.98 Å². The maximum Gasteiger partial charge on any atom is 0.230 e. The van der Waals surface area contributed by atoms with Crippen LogP contribution in [0.15, 0.2) is 47.2 Å². The van der Waals surface area contributed by atoms with Gasteiger partial charge in [0.2, 0.25) is 11.8 Å². The van der Waals surface area contributed by atoms with E-state index in [1.165, 1.54) is 0 Å². The molecule has 3 aromatic heterocycles. The molecule has 0 saturated heterocycles. The standard InChI is InChI=1S/C18H19N5O3/c1-13-18-21-20-15(12-26-16-6-2-3-7-19-16)23(18)9-8-22(13)17(24)11-14-5-4-10-25-14/h2-7,10,13H,8-9,11-12H2,1H3. The lowest BCUT2D eigenvalue weighted by Crippen LogP contribution is -2.42. The molecule has 8 nitrogen and oxygen atoms in total. The third-order valence-corrected chi connectivity index (χ3v) is 4.47. The summed E-state index contributed by atoms with van der Waals surface area (Å²) in [6.07, 6.45) is 3.51. The van der Waals surface area contributed by atoms with Crippen molar-refractivity contribution in [2.75, 3.05) is 6.54 Å². The lowest BCUT2D eigenvalue weighted by atomic mass is 10.1. The van der Waals surface area contributed by atoms with Crippen LogP contribution in [0.2, 0.25) is 0 Å². The largest absolute Gasteiger partial charge is 0.469 e. The molecule has 1 amide bonds. The second kappa shape index (κ2) is 6.99. The SMILES string of the molecule is CC1c2nnc(COc3ccccn3)n2CCN1C(=O)Cc1ccco1. The first-order valence-electron chi connectivity index (χ1n) is 8.50. The molecular formula is C18H19N5O3. The van der Waals surface area contributed by atoms with E-state index in [1.54, 1.807) is 24.6 Å². The van der Waals surface area contributed by atoms with Crippen LogP contribution in [0.4, 0.5) is 0 Å². The molecule has 8 heteroatoms. The smallest absolute Gasteiger partial charge is 0.230 e. The molecule has 1 aliphatic rings. The Labute approximate surface area is 150 Å². The van der Waals surface area contributed by atoms with E-state index in [0.29, 0.717) is 24.7 Å². The highest BCUT2D eigenvalue weighted by Gasteiger charge is 2.31. The minimum Gasteiger partial charge on any atom is -0.469 e. The zero-order chi connectivity index (χ0) is 17.9. The summed E-state index contributed by atoms with van der Waals surface area (Å²) in [6.45, 7) is 3.49. The maximum absolute atomic E-state index is 12.6. The molecule has 26 heavy (non-hydrogen) atoms. The highest BCUT2D eigenvalue weighted by molar-refractivity contribution is 5.78. The minimum absolute atomic E-state index is 0.0213. The first-order valence-corrected chi connectivity index (χ1v) is 8.50. The van der Waals surface area contributed by atoms with Crippen molar-refractivity contribution in [2.24, 2.45) is 0 Å². The van der Waals surface area contributed by atoms with Gasteiger partial charge < -0.3 is 18.6 Å². The highest BCUT2D eigenvalue weighted by atomic mass is 16.5. The molecule has 134 valence electrons. The van der Waals surface area contributed by atoms with Crippen LogP contribution in [-0.2, 0) is 24.4 Å². The van der Waals surface area contributed by atoms with Gasteiger partial charge in [0, 0.05) is 25.4 Å². The number of hydrogen-bond donors (Lipinski definition) is 0. The molecule has 0 fully saturated rings. The predicted molar refractivity (Wildman–Crippen MR) is 91.1 cm³/mol. The summed E-state index contributed by atoms with van der Waals surface area (Å²) < 4.78 is 13.0. The van der Waals surface area contributed by atoms with Gasteiger partial charge in [-0.2, -0.15) is 0 Å². The van der Waals surface area contributed by atoms with Crippen LogP contribution in [0.5, 0.6) is 5.88 Å². The number of carbonyl (C=O) groups excluding carboxylic acids is 1. The van der Waals surface area contributed by atoms with Gasteiger partial charge in [-0.3, -0.25) is 4.79 Å². The molecular weight excluding hydrogens is 334 g/mol. The normalized spacial score (nSPS) is 16.3. The molecule has 1 atom stereocenters. The van der Waals surface area contributed by atoms with Crippen LogP contribution in [0.25, 0.3) is 0 Å². The lowest BCUT2D eigenvalue weighted by molar-refractivity contribution is -0.134. The molecule has 4 heterocycles. The van der Waals surface area contributed by atoms with Crippen LogP contribution in [0.3, 0.4) is 0 Å². The Hall–Kier alpha value is -3.16. The topological polar surface area (TPSA) is 86.3 Å². The van der Waals surface area contributed by atoms with E-state index in [2.05, 4.69) is 15.2 Å². The Bertz CT molecular complexity index is 876. The van der Waals surface area contributed by atoms with Crippen molar-refractivity contribution in [3.8, 4) is 5.88 Å². The molecule has 1 aliphatic heterocycles. The molecule has 0 bridgehead atoms. The second-order valence-electron chi connectivity index (χ2n) is 6.10. The lowest BCUT2D eigenvalue weighted by Gasteiger charge is -2.33. The van der Waals surface area contributed by atoms with E-state index in [4.69, 9.17) is 9.15 Å². The van der Waals surface area contributed by atoms with Crippen molar-refractivity contribution in [1.82, 2.24) is 24.6 Å². The van der Waals surface area contributed by atoms with Crippen LogP contribution in [-0.4, -0.2) is 37.1 Å². The molecule has 1 unspecified atom stereocenters. The number of pyridine rings is 1. The number of fused-ring (bicyclic) bond motifs is 1. The predicted octanol–water partition coefficient (Wildman–Crippen LogP) is 1.99. The zero-order valence-electron chi connectivity index (χ0n) is 14.4. The average Bonchev–Trinajstić information content (AvgIpc) is 3.31. The van der Waals surface area contributed by atoms with Gasteiger partial charge in [-0.15, -0.1) is 10.2 Å². The van der Waals surface area contributed by atoms with Gasteiger partial charge in [0.1, 0.15) is 12.4 Å². The van der Waals surface area contributed by atoms with Gasteiger partial charge in [-0.05, 0) is 25.1 Å². The fourth-order valence-electron chi connectivity index (χ4n) is 3.12. The van der Waals surface area contributed by atoms with Gasteiger partial charge in [0.25, 0.3) is 0 Å². The first kappa shape index (κ1) is 16.3. The molecule has 4 rings (SSSR count). The number of rotatable bonds is 5. The van der Waals surface area contributed by atoms with E-state index in [0.717, 1.165) is 11.6 Å². The van der Waals surface area contributed by atoms with E-state index in [-0.39, 0.29) is 25.0 Å². The molecule has 0 N–H and O–H groups in total. The first-order chi connectivity index (χ1) is 12.7. The van der Waals surface area contributed by atoms with E-state index < -0.39 is 0 Å². The van der Waals surface area contributed by atoms with Crippen molar-refractivity contribution >= 4 is 5.91 Å². The monoisotopic (exact) mass is 353 g/mol. The Morgan fingerprint density at radius 2 is 2.19 bits per heavy atom. The number of nitrogens with zero attached hydrogens (tertiary/aromatic N) is 5. The number of amides is 1. The van der Waals surface area contributed by atoms with Gasteiger partial charge in [0.15, 0.2) is 11.6 Å². The molecule has 0 saturated carbocycles. The Morgan fingerprint density at radius 1 is 1.27 bits per heavy atom. The van der Waals surface area contributed by atoms with Crippen LogP contribution in [0, 0.1) is 0 Å². The number of hydrogen-bond acceptors (Lipinski definition) is 6. The van der Waals surface area contributed by atoms with E-state index in [1.807, 2.05) is 34.6 Å². The van der Waals surface area contributed by atoms with Crippen LogP contribution >= 0.6 is 0 Å². The summed E-state index contributed by atoms with van der Waals surface area (Å²) in [5.41, 5.74) is 0. The second-order valence-corrected chi connectivity index (χ2v) is 6.10. The van der Waals surface area contributed by atoms with Gasteiger partial charge in [0.05, 0.1) is 18.7 Å². The fourth-order valence-corrected chi connectivity index (χ4v) is 3.12. The third kappa shape index (κ3) is 3.17. The maximum atomic E-state index is 12.6. The number of carbonyl (C=O) groups is 1. The van der Waals surface area contributed by atoms with Gasteiger partial charge >= 0.3 is 0 Å². The van der Waals surface area contributed by atoms with Crippen molar-refractivity contribution in [1.29, 1.82) is 0 Å². The minimum atomic E-state index is -0.151. The van der Waals surface area contributed by atoms with E-state index >= 15 is 0 Å². The van der Waals surface area contributed by atoms with Crippen LogP contribution in [0.1, 0.15) is 30.4 Å². The molecule has 0 aliphatic carbocycles. The highest BCUT2D eigenvalue weighted by Crippen LogP contribution is 2.25. The van der Waals surface area contributed by atoms with Crippen molar-refractivity contribution in [2.45, 2.75) is 32.5 Å². The zero-order valence-corrected chi connectivity index (χ0v) is 14.4. The average molecular weight is 353 g/mol. The van der Waals surface area contributed by atoms with Gasteiger partial charge in [-0.1, -0.05) is 6.07 Å². The third-order valence-electron chi connectivity index (χ3n) is 4.47. The number of aromatic nitrogens is 4. The quantitative estimate of drug-likeness (QED) is 0.697. The Balaban J connectivity index is 1.45. The number of ether oxygens (including phenoxy) is 1. The van der Waals surface area contributed by atoms with Crippen LogP contribution < -0.4 is 4.74 Å². The summed E-state index contributed by atoms with van der Waals surface area (Å²) in [5.74, 6) is 2.73. The molecule has 0 spiro atoms. The summed E-state index contributed by atoms with van der Waals surface area (Å²) in [7, 11) is 0. The Morgan fingerprint density at radius 3 is 2.96 bits per heavy atom. The van der Waals surface area contributed by atoms with Crippen molar-refractivity contribution < 1.29 is 13.9 Å². The molecule has 0 radical (unpaired) electrons. The fraction of sp³-hybridized carbons (Fsp3) is 0.333. The summed E-state index contributed by atoms with van der Waals surface area (Å²) in [5, 5.41) is 8.51. The Kier molecular flexibility index (Phi) is 4.39. The van der Waals surface area contributed by atoms with E-state index in [9.17, 15) is 4.79 Å². The summed E-state index contributed by atoms with van der Waals surface area (Å²) >= 11 is 0. The molecule has 3 aromatic rings. The van der Waals surface area contributed by atoms with Crippen molar-refractivity contribution in [3.05, 3.63) is 60.2 Å². The number of furan rings is 1. The summed E-state index contributed by atoms with van der Waals surface area (Å²) in [4.78, 5) is 18.5.